The Morgan fingerprint density at radius 3 is 2.49 bits per heavy atom. The van der Waals surface area contributed by atoms with Crippen molar-refractivity contribution in [1.29, 1.82) is 0 Å². The summed E-state index contributed by atoms with van der Waals surface area (Å²) in [5.41, 5.74) is 4.38. The molecule has 5 N–H and O–H groups in total. The van der Waals surface area contributed by atoms with Crippen LogP contribution in [-0.2, 0) is 22.8 Å². The number of halogens is 4. The molecule has 2 aliphatic heterocycles. The van der Waals surface area contributed by atoms with E-state index in [0.29, 0.717) is 57.2 Å². The summed E-state index contributed by atoms with van der Waals surface area (Å²) in [7, 11) is 1.40. The van der Waals surface area contributed by atoms with Crippen LogP contribution in [0.2, 0.25) is 5.02 Å². The third-order valence-corrected chi connectivity index (χ3v) is 11.6. The molecular formula is C39H45ClF3N11O5. The van der Waals surface area contributed by atoms with Crippen LogP contribution in [0.1, 0.15) is 59.3 Å². The molecule has 1 aromatic carbocycles. The lowest BCUT2D eigenvalue weighted by Gasteiger charge is -2.43. The Bertz CT molecular complexity index is 2240. The van der Waals surface area contributed by atoms with Gasteiger partial charge >= 0.3 is 12.1 Å². The van der Waals surface area contributed by atoms with Crippen molar-refractivity contribution in [1.82, 2.24) is 44.3 Å². The van der Waals surface area contributed by atoms with Crippen molar-refractivity contribution in [2.75, 3.05) is 63.4 Å². The fraction of sp³-hybridized carbons (Fsp3) is 0.462. The van der Waals surface area contributed by atoms with Crippen molar-refractivity contribution >= 4 is 46.7 Å². The second kappa shape index (κ2) is 16.6. The van der Waals surface area contributed by atoms with E-state index in [1.54, 1.807) is 4.90 Å². The Labute approximate surface area is 342 Å². The van der Waals surface area contributed by atoms with E-state index in [1.807, 2.05) is 16.7 Å². The zero-order valence-corrected chi connectivity index (χ0v) is 33.3. The normalized spacial score (nSPS) is 16.9. The lowest BCUT2D eigenvalue weighted by atomic mass is 9.97. The lowest BCUT2D eigenvalue weighted by Crippen LogP contribution is -2.59. The molecule has 314 valence electrons. The Kier molecular flexibility index (Phi) is 11.7. The van der Waals surface area contributed by atoms with Gasteiger partial charge < -0.3 is 35.8 Å². The van der Waals surface area contributed by atoms with E-state index >= 15 is 0 Å². The van der Waals surface area contributed by atoms with Gasteiger partial charge in [-0.25, -0.2) is 14.6 Å². The van der Waals surface area contributed by atoms with E-state index < -0.39 is 29.3 Å². The van der Waals surface area contributed by atoms with Gasteiger partial charge in [-0.05, 0) is 68.5 Å². The number of carbonyl (C=O) groups is 4. The molecule has 1 atom stereocenters. The first-order valence-corrected chi connectivity index (χ1v) is 19.7. The number of benzene rings is 1. The number of alkyl halides is 3. The van der Waals surface area contributed by atoms with Crippen molar-refractivity contribution in [2.24, 2.45) is 18.9 Å². The van der Waals surface area contributed by atoms with Gasteiger partial charge in [0.1, 0.15) is 0 Å². The van der Waals surface area contributed by atoms with Crippen LogP contribution < -0.4 is 16.4 Å². The molecule has 4 aromatic rings. The predicted octanol–water partition coefficient (Wildman–Crippen LogP) is 4.01. The average molecular weight is 840 g/mol. The minimum atomic E-state index is -4.83. The average Bonchev–Trinajstić information content (AvgIpc) is 3.58. The van der Waals surface area contributed by atoms with Crippen molar-refractivity contribution in [2.45, 2.75) is 44.3 Å². The number of pyridine rings is 1. The summed E-state index contributed by atoms with van der Waals surface area (Å²) in [6.45, 7) is 5.83. The molecule has 16 nitrogen and oxygen atoms in total. The topological polar surface area (TPSA) is 197 Å². The first kappa shape index (κ1) is 41.6. The standard InChI is InChI=1S/C39H45ClF3N11O5/c1-3-24(8-11-51(21-32(55)56)19-23-15-45-16-23)36(58)52-12-13-53(38(22-52)9-10-38)37(59)27-6-5-26(14-29(27)40)48-35(57)34-47-18-30(50(34)2)28-20-54(49-33(28)39(41,42)43)31-7-4-25(44)17-46-31/h4-7,14,17-18,20,23-24,45H,3,8-13,15-16,19,21-22,44H2,1-2H3,(H,48,57)(H,55,56). The maximum Gasteiger partial charge on any atom is 0.435 e. The number of carbonyl (C=O) groups excluding carboxylic acids is 3. The van der Waals surface area contributed by atoms with E-state index in [9.17, 15) is 37.5 Å². The quantitative estimate of drug-likeness (QED) is 0.143. The first-order chi connectivity index (χ1) is 28.1. The summed E-state index contributed by atoms with van der Waals surface area (Å²) in [4.78, 5) is 66.3. The van der Waals surface area contributed by atoms with Crippen LogP contribution in [0.25, 0.3) is 17.1 Å². The van der Waals surface area contributed by atoms with Gasteiger partial charge in [-0.15, -0.1) is 0 Å². The van der Waals surface area contributed by atoms with E-state index in [2.05, 4.69) is 25.7 Å². The molecule has 1 spiro atoms. The van der Waals surface area contributed by atoms with Crippen LogP contribution in [0, 0.1) is 11.8 Å². The van der Waals surface area contributed by atoms with Crippen LogP contribution >= 0.6 is 11.6 Å². The lowest BCUT2D eigenvalue weighted by molar-refractivity contribution is -0.141. The first-order valence-electron chi connectivity index (χ1n) is 19.3. The predicted molar refractivity (Wildman–Crippen MR) is 211 cm³/mol. The van der Waals surface area contributed by atoms with Gasteiger partial charge in [0.2, 0.25) is 5.91 Å². The number of amides is 3. The Hall–Kier alpha value is -5.53. The fourth-order valence-electron chi connectivity index (χ4n) is 7.81. The third-order valence-electron chi connectivity index (χ3n) is 11.3. The van der Waals surface area contributed by atoms with E-state index in [0.717, 1.165) is 43.0 Å². The number of nitrogen functional groups attached to an aromatic ring is 1. The Morgan fingerprint density at radius 2 is 1.88 bits per heavy atom. The highest BCUT2D eigenvalue weighted by atomic mass is 35.5. The molecule has 1 aliphatic carbocycles. The number of nitrogens with zero attached hydrogens (tertiary/aromatic N) is 8. The van der Waals surface area contributed by atoms with Gasteiger partial charge in [0.25, 0.3) is 11.8 Å². The second-order valence-corrected chi connectivity index (χ2v) is 15.9. The van der Waals surface area contributed by atoms with Crippen molar-refractivity contribution < 1.29 is 37.5 Å². The molecule has 0 bridgehead atoms. The summed E-state index contributed by atoms with van der Waals surface area (Å²) in [5.74, 6) is -1.88. The number of aliphatic carboxylic acids is 1. The summed E-state index contributed by atoms with van der Waals surface area (Å²) >= 11 is 6.64. The van der Waals surface area contributed by atoms with Gasteiger partial charge in [-0.1, -0.05) is 18.5 Å². The van der Waals surface area contributed by atoms with Crippen LogP contribution in [-0.4, -0.2) is 126 Å². The molecule has 0 radical (unpaired) electrons. The molecule has 3 aromatic heterocycles. The molecule has 7 rings (SSSR count). The van der Waals surface area contributed by atoms with Gasteiger partial charge in [-0.2, -0.15) is 18.3 Å². The molecule has 1 saturated carbocycles. The number of hydrogen-bond acceptors (Lipinski definition) is 10. The van der Waals surface area contributed by atoms with Crippen molar-refractivity contribution in [3.8, 4) is 17.1 Å². The number of aromatic nitrogens is 5. The number of nitrogens with one attached hydrogen (secondary N) is 2. The monoisotopic (exact) mass is 839 g/mol. The van der Waals surface area contributed by atoms with Crippen LogP contribution in [0.4, 0.5) is 24.5 Å². The van der Waals surface area contributed by atoms with Crippen molar-refractivity contribution in [3.63, 3.8) is 0 Å². The minimum Gasteiger partial charge on any atom is -0.480 e. The second-order valence-electron chi connectivity index (χ2n) is 15.4. The third kappa shape index (κ3) is 8.91. The smallest absolute Gasteiger partial charge is 0.435 e. The number of carboxylic acids is 1. The van der Waals surface area contributed by atoms with Gasteiger partial charge in [0.15, 0.2) is 17.3 Å². The van der Waals surface area contributed by atoms with Gasteiger partial charge in [0, 0.05) is 64.1 Å². The Balaban J connectivity index is 0.991. The maximum absolute atomic E-state index is 14.1. The summed E-state index contributed by atoms with van der Waals surface area (Å²) < 4.78 is 44.5. The largest absolute Gasteiger partial charge is 0.480 e. The molecule has 3 fully saturated rings. The van der Waals surface area contributed by atoms with Crippen LogP contribution in [0.5, 0.6) is 0 Å². The number of anilines is 2. The molecule has 5 heterocycles. The summed E-state index contributed by atoms with van der Waals surface area (Å²) in [6.07, 6.45) is 1.36. The van der Waals surface area contributed by atoms with Gasteiger partial charge in [-0.3, -0.25) is 24.1 Å². The van der Waals surface area contributed by atoms with E-state index in [4.69, 9.17) is 17.3 Å². The number of rotatable bonds is 14. The number of imidazole rings is 1. The highest BCUT2D eigenvalue weighted by Gasteiger charge is 2.54. The highest BCUT2D eigenvalue weighted by Crippen LogP contribution is 2.46. The minimum absolute atomic E-state index is 0.00995. The number of piperazine rings is 1. The molecule has 59 heavy (non-hydrogen) atoms. The summed E-state index contributed by atoms with van der Waals surface area (Å²) in [5, 5.41) is 19.1. The molecular weight excluding hydrogens is 795 g/mol. The Morgan fingerprint density at radius 1 is 1.12 bits per heavy atom. The van der Waals surface area contributed by atoms with E-state index in [-0.39, 0.29) is 63.5 Å². The fourth-order valence-corrected chi connectivity index (χ4v) is 8.07. The number of nitrogens with two attached hydrogens (primary N) is 1. The molecule has 3 amide bonds. The molecule has 2 saturated heterocycles. The number of hydrogen-bond donors (Lipinski definition) is 4. The van der Waals surface area contributed by atoms with Crippen LogP contribution in [0.15, 0.2) is 48.9 Å². The zero-order chi connectivity index (χ0) is 42.2. The maximum atomic E-state index is 14.1. The van der Waals surface area contributed by atoms with Crippen LogP contribution in [0.3, 0.4) is 0 Å². The molecule has 3 aliphatic rings. The highest BCUT2D eigenvalue weighted by molar-refractivity contribution is 6.34. The van der Waals surface area contributed by atoms with Crippen molar-refractivity contribution in [3.05, 3.63) is 71.0 Å². The number of carboxylic acid groups (broad SMARTS) is 1. The van der Waals surface area contributed by atoms with E-state index in [1.165, 1.54) is 48.1 Å². The molecule has 20 heteroatoms. The zero-order valence-electron chi connectivity index (χ0n) is 32.5. The molecule has 1 unspecified atom stereocenters. The van der Waals surface area contributed by atoms with Gasteiger partial charge in [0.05, 0.1) is 52.0 Å². The summed E-state index contributed by atoms with van der Waals surface area (Å²) in [6, 6.07) is 7.33. The SMILES string of the molecule is CCC(CCN(CC(=O)O)CC1CNC1)C(=O)N1CCN(C(=O)c2ccc(NC(=O)c3ncc(-c4cn(-c5ccc(N)cn5)nc4C(F)(F)F)n3C)cc2Cl)C2(CC2)C1.